The Labute approximate surface area is 316 Å². The Morgan fingerprint density at radius 1 is 0.451 bits per heavy atom. The minimum atomic E-state index is -0.782. The van der Waals surface area contributed by atoms with Crippen molar-refractivity contribution in [2.75, 3.05) is 13.2 Å². The van der Waals surface area contributed by atoms with Crippen molar-refractivity contribution in [3.63, 3.8) is 0 Å². The smallest absolute Gasteiger partial charge is 0.306 e. The van der Waals surface area contributed by atoms with E-state index in [2.05, 4.69) is 62.5 Å². The second-order valence-electron chi connectivity index (χ2n) is 14.4. The van der Waals surface area contributed by atoms with Gasteiger partial charge in [-0.05, 0) is 77.0 Å². The number of aliphatic hydroxyl groups is 1. The second-order valence-corrected chi connectivity index (χ2v) is 14.4. The van der Waals surface area contributed by atoms with Crippen LogP contribution < -0.4 is 0 Å². The predicted molar refractivity (Wildman–Crippen MR) is 219 cm³/mol. The van der Waals surface area contributed by atoms with Crippen molar-refractivity contribution in [3.05, 3.63) is 48.6 Å². The Morgan fingerprint density at radius 3 is 1.20 bits per heavy atom. The standard InChI is InChI=1S/C46H82O5/c1-3-5-7-9-11-13-15-17-19-21-22-23-24-25-27-29-31-33-35-37-39-41-46(49)51-44(42-47)43-50-45(48)40-38-36-34-32-30-28-26-20-18-16-14-12-10-8-6-4-2/h15,17,20-22,24-26,44,47H,3-14,16,18-19,23,27-43H2,1-2H3/b17-15-,22-21-,25-24-,26-20-. The number of unbranched alkanes of at least 4 members (excludes halogenated alkanes) is 23. The molecule has 296 valence electrons. The van der Waals surface area contributed by atoms with Crippen molar-refractivity contribution < 1.29 is 24.2 Å². The summed E-state index contributed by atoms with van der Waals surface area (Å²) >= 11 is 0. The topological polar surface area (TPSA) is 72.8 Å². The molecule has 0 fully saturated rings. The van der Waals surface area contributed by atoms with E-state index in [9.17, 15) is 14.7 Å². The van der Waals surface area contributed by atoms with Gasteiger partial charge >= 0.3 is 11.9 Å². The van der Waals surface area contributed by atoms with Crippen molar-refractivity contribution in [1.82, 2.24) is 0 Å². The molecule has 0 saturated carbocycles. The molecule has 0 amide bonds. The molecule has 1 unspecified atom stereocenters. The number of ether oxygens (including phenoxy) is 2. The van der Waals surface area contributed by atoms with E-state index in [-0.39, 0.29) is 25.2 Å². The fraction of sp³-hybridized carbons (Fsp3) is 0.783. The third-order valence-corrected chi connectivity index (χ3v) is 9.35. The molecule has 1 atom stereocenters. The molecule has 0 aromatic rings. The molecule has 0 aliphatic heterocycles. The summed E-state index contributed by atoms with van der Waals surface area (Å²) in [6.07, 6.45) is 53.2. The van der Waals surface area contributed by atoms with Crippen LogP contribution in [0.5, 0.6) is 0 Å². The van der Waals surface area contributed by atoms with Gasteiger partial charge in [0.25, 0.3) is 0 Å². The molecule has 0 bridgehead atoms. The van der Waals surface area contributed by atoms with Gasteiger partial charge in [0.1, 0.15) is 6.61 Å². The van der Waals surface area contributed by atoms with Gasteiger partial charge in [0.15, 0.2) is 6.10 Å². The van der Waals surface area contributed by atoms with Gasteiger partial charge in [0.2, 0.25) is 0 Å². The third kappa shape index (κ3) is 40.5. The number of carbonyl (C=O) groups excluding carboxylic acids is 2. The number of hydrogen-bond acceptors (Lipinski definition) is 5. The highest BCUT2D eigenvalue weighted by Crippen LogP contribution is 2.13. The van der Waals surface area contributed by atoms with Crippen molar-refractivity contribution >= 4 is 11.9 Å². The van der Waals surface area contributed by atoms with Gasteiger partial charge in [-0.1, -0.05) is 172 Å². The van der Waals surface area contributed by atoms with Crippen molar-refractivity contribution in [2.45, 2.75) is 219 Å². The van der Waals surface area contributed by atoms with E-state index < -0.39 is 6.10 Å². The van der Waals surface area contributed by atoms with Gasteiger partial charge < -0.3 is 14.6 Å². The third-order valence-electron chi connectivity index (χ3n) is 9.35. The quantitative estimate of drug-likeness (QED) is 0.0390. The molecule has 5 heteroatoms. The van der Waals surface area contributed by atoms with E-state index in [1.165, 1.54) is 122 Å². The Morgan fingerprint density at radius 2 is 0.784 bits per heavy atom. The van der Waals surface area contributed by atoms with Crippen LogP contribution in [0.15, 0.2) is 48.6 Å². The van der Waals surface area contributed by atoms with Gasteiger partial charge in [0, 0.05) is 12.8 Å². The fourth-order valence-electron chi connectivity index (χ4n) is 6.03. The summed E-state index contributed by atoms with van der Waals surface area (Å²) in [5.41, 5.74) is 0. The van der Waals surface area contributed by atoms with Gasteiger partial charge in [-0.15, -0.1) is 0 Å². The molecule has 51 heavy (non-hydrogen) atoms. The van der Waals surface area contributed by atoms with Gasteiger partial charge in [0.05, 0.1) is 6.61 Å². The zero-order valence-corrected chi connectivity index (χ0v) is 33.6. The van der Waals surface area contributed by atoms with Crippen LogP contribution in [0.2, 0.25) is 0 Å². The van der Waals surface area contributed by atoms with Crippen LogP contribution in [0.4, 0.5) is 0 Å². The van der Waals surface area contributed by atoms with E-state index in [1.807, 2.05) is 0 Å². The lowest BCUT2D eigenvalue weighted by Crippen LogP contribution is -2.28. The summed E-state index contributed by atoms with van der Waals surface area (Å²) in [5, 5.41) is 9.58. The SMILES string of the molecule is CCCCCCC/C=C\C/C=C\C/C=C\CCCCCCCCC(=O)OC(CO)COC(=O)CCCCCCC/C=C\CCCCCCCCC. The normalized spacial score (nSPS) is 12.6. The number of allylic oxidation sites excluding steroid dienone is 8. The molecular formula is C46H82O5. The van der Waals surface area contributed by atoms with Crippen LogP contribution in [0, 0.1) is 0 Å². The van der Waals surface area contributed by atoms with Crippen molar-refractivity contribution in [2.24, 2.45) is 0 Å². The summed E-state index contributed by atoms with van der Waals surface area (Å²) < 4.78 is 10.6. The molecule has 1 N–H and O–H groups in total. The molecule has 0 aromatic carbocycles. The van der Waals surface area contributed by atoms with Gasteiger partial charge in [-0.25, -0.2) is 0 Å². The number of hydrogen-bond donors (Lipinski definition) is 1. The average molecular weight is 715 g/mol. The van der Waals surface area contributed by atoms with Crippen LogP contribution in [-0.2, 0) is 19.1 Å². The summed E-state index contributed by atoms with van der Waals surface area (Å²) in [4.78, 5) is 24.3. The first-order chi connectivity index (χ1) is 25.1. The minimum absolute atomic E-state index is 0.0757. The zero-order valence-electron chi connectivity index (χ0n) is 33.6. The Bertz CT molecular complexity index is 858. The number of aliphatic hydroxyl groups excluding tert-OH is 1. The molecule has 5 nitrogen and oxygen atoms in total. The maximum Gasteiger partial charge on any atom is 0.306 e. The summed E-state index contributed by atoms with van der Waals surface area (Å²) in [7, 11) is 0. The van der Waals surface area contributed by atoms with Crippen LogP contribution in [0.3, 0.4) is 0 Å². The van der Waals surface area contributed by atoms with Crippen LogP contribution in [-0.4, -0.2) is 36.4 Å². The number of esters is 2. The van der Waals surface area contributed by atoms with Crippen molar-refractivity contribution in [3.8, 4) is 0 Å². The fourth-order valence-corrected chi connectivity index (χ4v) is 6.03. The molecule has 0 aliphatic carbocycles. The largest absolute Gasteiger partial charge is 0.462 e. The van der Waals surface area contributed by atoms with Gasteiger partial charge in [-0.2, -0.15) is 0 Å². The van der Waals surface area contributed by atoms with E-state index in [0.717, 1.165) is 64.2 Å². The highest BCUT2D eigenvalue weighted by molar-refractivity contribution is 5.70. The maximum atomic E-state index is 12.2. The second kappa shape index (κ2) is 42.3. The molecule has 0 saturated heterocycles. The van der Waals surface area contributed by atoms with Crippen LogP contribution >= 0.6 is 0 Å². The highest BCUT2D eigenvalue weighted by Gasteiger charge is 2.16. The summed E-state index contributed by atoms with van der Waals surface area (Å²) in [6, 6.07) is 0. The lowest BCUT2D eigenvalue weighted by molar-refractivity contribution is -0.161. The van der Waals surface area contributed by atoms with E-state index >= 15 is 0 Å². The molecule has 0 rings (SSSR count). The number of rotatable bonds is 39. The Hall–Kier alpha value is -2.14. The van der Waals surface area contributed by atoms with Crippen molar-refractivity contribution in [1.29, 1.82) is 0 Å². The number of carbonyl (C=O) groups is 2. The first-order valence-corrected chi connectivity index (χ1v) is 21.7. The summed E-state index contributed by atoms with van der Waals surface area (Å²) in [6.45, 7) is 4.11. The monoisotopic (exact) mass is 715 g/mol. The summed E-state index contributed by atoms with van der Waals surface area (Å²) in [5.74, 6) is -0.613. The van der Waals surface area contributed by atoms with E-state index in [0.29, 0.717) is 12.8 Å². The first-order valence-electron chi connectivity index (χ1n) is 21.7. The molecule has 0 aromatic heterocycles. The highest BCUT2D eigenvalue weighted by atomic mass is 16.6. The average Bonchev–Trinajstić information content (AvgIpc) is 3.13. The molecule has 0 spiro atoms. The molecular weight excluding hydrogens is 633 g/mol. The van der Waals surface area contributed by atoms with E-state index in [1.54, 1.807) is 0 Å². The minimum Gasteiger partial charge on any atom is -0.462 e. The lowest BCUT2D eigenvalue weighted by Gasteiger charge is -2.15. The zero-order chi connectivity index (χ0) is 37.1. The molecule has 0 heterocycles. The van der Waals surface area contributed by atoms with E-state index in [4.69, 9.17) is 9.47 Å². The molecule has 0 radical (unpaired) electrons. The predicted octanol–water partition coefficient (Wildman–Crippen LogP) is 13.8. The lowest BCUT2D eigenvalue weighted by atomic mass is 10.1. The Balaban J connectivity index is 3.59. The van der Waals surface area contributed by atoms with Crippen LogP contribution in [0.25, 0.3) is 0 Å². The van der Waals surface area contributed by atoms with Crippen LogP contribution in [0.1, 0.15) is 213 Å². The Kier molecular flexibility index (Phi) is 40.5. The maximum absolute atomic E-state index is 12.2. The first kappa shape index (κ1) is 48.9. The van der Waals surface area contributed by atoms with Gasteiger partial charge in [-0.3, -0.25) is 9.59 Å². The molecule has 0 aliphatic rings.